The number of benzene rings is 1. The summed E-state index contributed by atoms with van der Waals surface area (Å²) in [7, 11) is 0. The fourth-order valence-corrected chi connectivity index (χ4v) is 3.77. The summed E-state index contributed by atoms with van der Waals surface area (Å²) in [6, 6.07) is 4.17. The summed E-state index contributed by atoms with van der Waals surface area (Å²) in [5.74, 6) is -0.232. The second-order valence-electron chi connectivity index (χ2n) is 7.05. The van der Waals surface area contributed by atoms with E-state index in [9.17, 15) is 19.7 Å². The molecule has 0 bridgehead atoms. The molecular formula is C18H25ClN4O4. The number of carbonyl (C=O) groups excluding carboxylic acids is 2. The lowest BCUT2D eigenvalue weighted by Crippen LogP contribution is -2.56. The monoisotopic (exact) mass is 396 g/mol. The first-order valence-corrected chi connectivity index (χ1v) is 8.96. The average Bonchev–Trinajstić information content (AvgIpc) is 3.09. The van der Waals surface area contributed by atoms with Crippen molar-refractivity contribution in [3.05, 3.63) is 39.4 Å². The molecule has 2 amide bonds. The van der Waals surface area contributed by atoms with Crippen molar-refractivity contribution in [2.24, 2.45) is 0 Å². The summed E-state index contributed by atoms with van der Waals surface area (Å²) in [5.41, 5.74) is 0.825. The molecular weight excluding hydrogens is 372 g/mol. The molecule has 27 heavy (non-hydrogen) atoms. The number of nitro groups is 1. The van der Waals surface area contributed by atoms with Crippen molar-refractivity contribution in [2.45, 2.75) is 38.8 Å². The van der Waals surface area contributed by atoms with E-state index in [2.05, 4.69) is 5.32 Å². The van der Waals surface area contributed by atoms with E-state index >= 15 is 0 Å². The van der Waals surface area contributed by atoms with E-state index in [1.165, 1.54) is 18.2 Å². The van der Waals surface area contributed by atoms with Crippen LogP contribution >= 0.6 is 12.4 Å². The van der Waals surface area contributed by atoms with Crippen molar-refractivity contribution < 1.29 is 14.5 Å². The Hall–Kier alpha value is -2.19. The Kier molecular flexibility index (Phi) is 6.78. The van der Waals surface area contributed by atoms with Gasteiger partial charge in [-0.15, -0.1) is 12.4 Å². The Morgan fingerprint density at radius 2 is 2.04 bits per heavy atom. The maximum absolute atomic E-state index is 12.9. The molecule has 0 radical (unpaired) electrons. The van der Waals surface area contributed by atoms with Gasteiger partial charge >= 0.3 is 0 Å². The highest BCUT2D eigenvalue weighted by Crippen LogP contribution is 2.25. The second-order valence-corrected chi connectivity index (χ2v) is 7.05. The molecule has 0 spiro atoms. The molecule has 2 atom stereocenters. The molecule has 2 aliphatic heterocycles. The number of piperazine rings is 1. The van der Waals surface area contributed by atoms with Gasteiger partial charge in [0.15, 0.2) is 0 Å². The SMILES string of the molecule is Cc1cc(C(=O)N2CCCC2C(=O)N2CCNC(C)C2)ccc1[N+](=O)[O-].Cl. The molecule has 0 aromatic heterocycles. The second kappa shape index (κ2) is 8.67. The minimum Gasteiger partial charge on any atom is -0.338 e. The van der Waals surface area contributed by atoms with Crippen molar-refractivity contribution in [2.75, 3.05) is 26.2 Å². The normalized spacial score (nSPS) is 22.3. The number of hydrogen-bond acceptors (Lipinski definition) is 5. The minimum absolute atomic E-state index is 0. The molecule has 2 fully saturated rings. The lowest BCUT2D eigenvalue weighted by atomic mass is 10.1. The van der Waals surface area contributed by atoms with Crippen molar-refractivity contribution in [1.29, 1.82) is 0 Å². The number of nitrogens with one attached hydrogen (secondary N) is 1. The van der Waals surface area contributed by atoms with Gasteiger partial charge in [-0.05, 0) is 38.8 Å². The number of hydrogen-bond donors (Lipinski definition) is 1. The standard InChI is InChI=1S/C18H24N4O4.ClH/c1-12-10-14(5-6-15(12)22(25)26)17(23)21-8-3-4-16(21)18(24)20-9-7-19-13(2)11-20;/h5-6,10,13,16,19H,3-4,7-9,11H2,1-2H3;1H. The van der Waals surface area contributed by atoms with Crippen LogP contribution in [0.3, 0.4) is 0 Å². The average molecular weight is 397 g/mol. The topological polar surface area (TPSA) is 95.8 Å². The predicted octanol–water partition coefficient (Wildman–Crippen LogP) is 1.75. The van der Waals surface area contributed by atoms with Gasteiger partial charge in [-0.1, -0.05) is 0 Å². The number of aryl methyl sites for hydroxylation is 1. The maximum Gasteiger partial charge on any atom is 0.272 e. The van der Waals surface area contributed by atoms with Crippen molar-refractivity contribution >= 4 is 29.9 Å². The van der Waals surface area contributed by atoms with Crippen molar-refractivity contribution in [3.63, 3.8) is 0 Å². The van der Waals surface area contributed by atoms with Gasteiger partial charge in [0, 0.05) is 49.4 Å². The Bertz CT molecular complexity index is 742. The van der Waals surface area contributed by atoms with E-state index in [0.717, 1.165) is 13.0 Å². The predicted molar refractivity (Wildman–Crippen MR) is 103 cm³/mol. The number of likely N-dealkylation sites (tertiary alicyclic amines) is 1. The molecule has 1 aromatic rings. The van der Waals surface area contributed by atoms with E-state index < -0.39 is 11.0 Å². The van der Waals surface area contributed by atoms with E-state index in [1.807, 2.05) is 11.8 Å². The van der Waals surface area contributed by atoms with Crippen LogP contribution in [-0.2, 0) is 4.79 Å². The van der Waals surface area contributed by atoms with E-state index in [1.54, 1.807) is 11.8 Å². The third-order valence-corrected chi connectivity index (χ3v) is 5.12. The van der Waals surface area contributed by atoms with Gasteiger partial charge in [0.1, 0.15) is 6.04 Å². The molecule has 3 rings (SSSR count). The van der Waals surface area contributed by atoms with Crippen LogP contribution in [0.15, 0.2) is 18.2 Å². The molecule has 8 nitrogen and oxygen atoms in total. The summed E-state index contributed by atoms with van der Waals surface area (Å²) < 4.78 is 0. The molecule has 148 valence electrons. The summed E-state index contributed by atoms with van der Waals surface area (Å²) in [6.07, 6.45) is 1.45. The first kappa shape index (κ1) is 21.1. The number of nitro benzene ring substituents is 1. The van der Waals surface area contributed by atoms with Crippen LogP contribution in [-0.4, -0.2) is 64.8 Å². The third-order valence-electron chi connectivity index (χ3n) is 5.12. The number of nitrogens with zero attached hydrogens (tertiary/aromatic N) is 3. The zero-order valence-corrected chi connectivity index (χ0v) is 16.3. The highest BCUT2D eigenvalue weighted by atomic mass is 35.5. The molecule has 1 N–H and O–H groups in total. The van der Waals surface area contributed by atoms with Gasteiger partial charge in [-0.25, -0.2) is 0 Å². The van der Waals surface area contributed by atoms with Crippen LogP contribution in [0.5, 0.6) is 0 Å². The Labute approximate surface area is 164 Å². The van der Waals surface area contributed by atoms with Crippen LogP contribution in [0.2, 0.25) is 0 Å². The van der Waals surface area contributed by atoms with Crippen LogP contribution in [0, 0.1) is 17.0 Å². The lowest BCUT2D eigenvalue weighted by Gasteiger charge is -2.35. The fourth-order valence-electron chi connectivity index (χ4n) is 3.77. The van der Waals surface area contributed by atoms with E-state index in [-0.39, 0.29) is 36.0 Å². The van der Waals surface area contributed by atoms with Gasteiger partial charge < -0.3 is 15.1 Å². The molecule has 9 heteroatoms. The van der Waals surface area contributed by atoms with E-state index in [0.29, 0.717) is 37.2 Å². The van der Waals surface area contributed by atoms with Gasteiger partial charge in [0.05, 0.1) is 4.92 Å². The number of halogens is 1. The van der Waals surface area contributed by atoms with Gasteiger partial charge in [-0.3, -0.25) is 19.7 Å². The summed E-state index contributed by atoms with van der Waals surface area (Å²) in [5, 5.41) is 14.3. The minimum atomic E-state index is -0.461. The number of carbonyl (C=O) groups is 2. The summed E-state index contributed by atoms with van der Waals surface area (Å²) in [4.78, 5) is 39.8. The molecule has 1 aromatic carbocycles. The Morgan fingerprint density at radius 1 is 1.30 bits per heavy atom. The molecule has 0 saturated carbocycles. The quantitative estimate of drug-likeness (QED) is 0.620. The molecule has 2 saturated heterocycles. The first-order chi connectivity index (χ1) is 12.4. The van der Waals surface area contributed by atoms with Gasteiger partial charge in [0.2, 0.25) is 5.91 Å². The van der Waals surface area contributed by atoms with Crippen molar-refractivity contribution in [3.8, 4) is 0 Å². The zero-order chi connectivity index (χ0) is 18.8. The summed E-state index contributed by atoms with van der Waals surface area (Å²) >= 11 is 0. The zero-order valence-electron chi connectivity index (χ0n) is 15.5. The van der Waals surface area contributed by atoms with E-state index in [4.69, 9.17) is 0 Å². The Balaban J connectivity index is 0.00000261. The molecule has 2 heterocycles. The largest absolute Gasteiger partial charge is 0.338 e. The first-order valence-electron chi connectivity index (χ1n) is 8.96. The van der Waals surface area contributed by atoms with Gasteiger partial charge in [0.25, 0.3) is 11.6 Å². The fraction of sp³-hybridized carbons (Fsp3) is 0.556. The highest BCUT2D eigenvalue weighted by molar-refractivity contribution is 5.98. The van der Waals surface area contributed by atoms with Crippen LogP contribution in [0.4, 0.5) is 5.69 Å². The molecule has 2 unspecified atom stereocenters. The molecule has 2 aliphatic rings. The highest BCUT2D eigenvalue weighted by Gasteiger charge is 2.37. The smallest absolute Gasteiger partial charge is 0.272 e. The van der Waals surface area contributed by atoms with Gasteiger partial charge in [-0.2, -0.15) is 0 Å². The molecule has 0 aliphatic carbocycles. The lowest BCUT2D eigenvalue weighted by molar-refractivity contribution is -0.385. The third kappa shape index (κ3) is 4.39. The van der Waals surface area contributed by atoms with Crippen LogP contribution < -0.4 is 5.32 Å². The Morgan fingerprint density at radius 3 is 2.67 bits per heavy atom. The van der Waals surface area contributed by atoms with Crippen molar-refractivity contribution in [1.82, 2.24) is 15.1 Å². The number of amides is 2. The van der Waals surface area contributed by atoms with Crippen LogP contribution in [0.25, 0.3) is 0 Å². The number of rotatable bonds is 3. The summed E-state index contributed by atoms with van der Waals surface area (Å²) in [6.45, 7) is 6.24. The maximum atomic E-state index is 12.9. The van der Waals surface area contributed by atoms with Crippen LogP contribution in [0.1, 0.15) is 35.7 Å².